The lowest BCUT2D eigenvalue weighted by Gasteiger charge is -2.28. The fraction of sp³-hybridized carbons (Fsp3) is 0.607. The quantitative estimate of drug-likeness (QED) is 0.300. The summed E-state index contributed by atoms with van der Waals surface area (Å²) in [5.74, 6) is -0.280. The van der Waals surface area contributed by atoms with Crippen molar-refractivity contribution in [1.29, 1.82) is 5.26 Å². The molecule has 3 atom stereocenters. The number of hydrogen-bond donors (Lipinski definition) is 4. The number of benzene rings is 1. The topological polar surface area (TPSA) is 140 Å². The molecule has 0 radical (unpaired) electrons. The standard InChI is InChI=1S/C17H32N4O2.C7H4Cl2O.C4H7NO/c1-7-8-9-13(19-6)15(22)21-14(10-17(3,4)5)16(23)20-12(2)11-18;8-6-2-1-5(4-10)3-7(6)9;6-4-2-1-3-5-4/h12-14,19H,7-10H2,1-6H3,(H,20,23)(H,21,22);1-4H;1-3H2,(H,5,6)/t12?,13-,14?;;/m0../s1. The monoisotopic (exact) mass is 583 g/mol. The molecular weight excluding hydrogens is 541 g/mol. The maximum atomic E-state index is 12.4. The molecule has 9 nitrogen and oxygen atoms in total. The average molecular weight is 585 g/mol. The molecule has 39 heavy (non-hydrogen) atoms. The second-order valence-corrected chi connectivity index (χ2v) is 11.2. The van der Waals surface area contributed by atoms with Gasteiger partial charge >= 0.3 is 0 Å². The zero-order chi connectivity index (χ0) is 30.0. The van der Waals surface area contributed by atoms with Crippen molar-refractivity contribution in [2.45, 2.75) is 91.3 Å². The average Bonchev–Trinajstić information content (AvgIpc) is 3.36. The Labute approximate surface area is 242 Å². The van der Waals surface area contributed by atoms with E-state index in [9.17, 15) is 19.2 Å². The smallest absolute Gasteiger partial charge is 0.243 e. The SMILES string of the molecule is CCCC[C@H](NC)C(=O)NC(CC(C)(C)C)C(=O)NC(C)C#N.O=C1CCCN1.O=Cc1ccc(Cl)c(Cl)c1. The highest BCUT2D eigenvalue weighted by atomic mass is 35.5. The predicted molar refractivity (Wildman–Crippen MR) is 156 cm³/mol. The Balaban J connectivity index is 0.000000723. The lowest BCUT2D eigenvalue weighted by molar-refractivity contribution is -0.131. The number of nitrogens with one attached hydrogen (secondary N) is 4. The Morgan fingerprint density at radius 3 is 2.21 bits per heavy atom. The molecule has 2 rings (SSSR count). The number of aldehydes is 1. The summed E-state index contributed by atoms with van der Waals surface area (Å²) >= 11 is 11.2. The minimum Gasteiger partial charge on any atom is -0.356 e. The van der Waals surface area contributed by atoms with Crippen molar-refractivity contribution < 1.29 is 19.2 Å². The molecule has 218 valence electrons. The zero-order valence-corrected chi connectivity index (χ0v) is 25.3. The molecule has 11 heteroatoms. The van der Waals surface area contributed by atoms with Crippen LogP contribution in [0, 0.1) is 16.7 Å². The normalized spacial score (nSPS) is 14.6. The van der Waals surface area contributed by atoms with Gasteiger partial charge in [-0.15, -0.1) is 0 Å². The second kappa shape index (κ2) is 19.4. The number of nitriles is 1. The number of unbranched alkanes of at least 4 members (excludes halogenated alkanes) is 1. The lowest BCUT2D eigenvalue weighted by atomic mass is 9.87. The van der Waals surface area contributed by atoms with E-state index in [2.05, 4.69) is 28.2 Å². The van der Waals surface area contributed by atoms with Crippen LogP contribution in [0.2, 0.25) is 10.0 Å². The fourth-order valence-corrected chi connectivity index (χ4v) is 3.71. The van der Waals surface area contributed by atoms with Gasteiger partial charge in [-0.05, 0) is 50.8 Å². The minimum atomic E-state index is -0.643. The Morgan fingerprint density at radius 1 is 1.15 bits per heavy atom. The molecule has 1 saturated heterocycles. The van der Waals surface area contributed by atoms with Crippen LogP contribution >= 0.6 is 23.2 Å². The summed E-state index contributed by atoms with van der Waals surface area (Å²) in [5.41, 5.74) is 0.415. The first-order valence-electron chi connectivity index (χ1n) is 13.1. The number of amides is 3. The van der Waals surface area contributed by atoms with Crippen LogP contribution in [0.5, 0.6) is 0 Å². The third kappa shape index (κ3) is 16.8. The van der Waals surface area contributed by atoms with Gasteiger partial charge in [-0.3, -0.25) is 19.2 Å². The van der Waals surface area contributed by atoms with Gasteiger partial charge in [-0.2, -0.15) is 5.26 Å². The van der Waals surface area contributed by atoms with E-state index in [1.54, 1.807) is 26.1 Å². The highest BCUT2D eigenvalue weighted by Crippen LogP contribution is 2.22. The summed E-state index contributed by atoms with van der Waals surface area (Å²) in [4.78, 5) is 45.1. The molecule has 1 aromatic rings. The maximum absolute atomic E-state index is 12.4. The molecule has 1 aromatic carbocycles. The zero-order valence-electron chi connectivity index (χ0n) is 23.8. The van der Waals surface area contributed by atoms with Gasteiger partial charge in [-0.1, -0.05) is 69.8 Å². The van der Waals surface area contributed by atoms with Crippen molar-refractivity contribution in [2.75, 3.05) is 13.6 Å². The number of likely N-dealkylation sites (N-methyl/N-ethyl adjacent to an activating group) is 1. The van der Waals surface area contributed by atoms with Crippen molar-refractivity contribution in [3.05, 3.63) is 33.8 Å². The first-order valence-corrected chi connectivity index (χ1v) is 13.9. The molecule has 0 bridgehead atoms. The van der Waals surface area contributed by atoms with E-state index < -0.39 is 12.1 Å². The van der Waals surface area contributed by atoms with Gasteiger partial charge in [0.15, 0.2) is 0 Å². The van der Waals surface area contributed by atoms with Gasteiger partial charge in [0.2, 0.25) is 17.7 Å². The molecule has 3 amide bonds. The van der Waals surface area contributed by atoms with E-state index in [-0.39, 0.29) is 29.2 Å². The van der Waals surface area contributed by atoms with Gasteiger partial charge < -0.3 is 21.3 Å². The molecule has 1 fully saturated rings. The van der Waals surface area contributed by atoms with Crippen LogP contribution < -0.4 is 21.3 Å². The molecule has 0 aliphatic carbocycles. The third-order valence-electron chi connectivity index (χ3n) is 5.50. The highest BCUT2D eigenvalue weighted by molar-refractivity contribution is 6.42. The van der Waals surface area contributed by atoms with E-state index in [4.69, 9.17) is 28.5 Å². The molecule has 4 N–H and O–H groups in total. The largest absolute Gasteiger partial charge is 0.356 e. The second-order valence-electron chi connectivity index (χ2n) is 10.4. The summed E-state index contributed by atoms with van der Waals surface area (Å²) in [6.45, 7) is 10.6. The number of nitrogens with zero attached hydrogens (tertiary/aromatic N) is 1. The van der Waals surface area contributed by atoms with Crippen LogP contribution in [0.1, 0.15) is 83.5 Å². The van der Waals surface area contributed by atoms with Crippen LogP contribution in [0.3, 0.4) is 0 Å². The van der Waals surface area contributed by atoms with Crippen LogP contribution in [-0.4, -0.2) is 55.7 Å². The van der Waals surface area contributed by atoms with Crippen molar-refractivity contribution in [1.82, 2.24) is 21.3 Å². The van der Waals surface area contributed by atoms with Crippen LogP contribution in [0.4, 0.5) is 0 Å². The van der Waals surface area contributed by atoms with E-state index >= 15 is 0 Å². The van der Waals surface area contributed by atoms with Gasteiger partial charge in [0.05, 0.1) is 22.2 Å². The van der Waals surface area contributed by atoms with Crippen LogP contribution in [0.25, 0.3) is 0 Å². The van der Waals surface area contributed by atoms with Crippen molar-refractivity contribution in [3.63, 3.8) is 0 Å². The number of carbonyl (C=O) groups excluding carboxylic acids is 4. The van der Waals surface area contributed by atoms with E-state index in [0.29, 0.717) is 22.0 Å². The molecule has 1 heterocycles. The maximum Gasteiger partial charge on any atom is 0.243 e. The summed E-state index contributed by atoms with van der Waals surface area (Å²) in [7, 11) is 1.75. The molecule has 0 spiro atoms. The summed E-state index contributed by atoms with van der Waals surface area (Å²) in [6.07, 6.45) is 5.68. The Bertz CT molecular complexity index is 968. The van der Waals surface area contributed by atoms with E-state index in [0.717, 1.165) is 44.9 Å². The van der Waals surface area contributed by atoms with Gasteiger partial charge in [0, 0.05) is 18.5 Å². The van der Waals surface area contributed by atoms with E-state index in [1.165, 1.54) is 6.07 Å². The molecule has 1 aliphatic rings. The number of halogens is 2. The van der Waals surface area contributed by atoms with Gasteiger partial charge in [0.1, 0.15) is 18.4 Å². The van der Waals surface area contributed by atoms with Crippen LogP contribution in [-0.2, 0) is 14.4 Å². The first-order chi connectivity index (χ1) is 18.3. The van der Waals surface area contributed by atoms with Gasteiger partial charge in [-0.25, -0.2) is 0 Å². The minimum absolute atomic E-state index is 0.121. The number of rotatable bonds is 10. The van der Waals surface area contributed by atoms with Gasteiger partial charge in [0.25, 0.3) is 0 Å². The molecule has 2 unspecified atom stereocenters. The van der Waals surface area contributed by atoms with Crippen LogP contribution in [0.15, 0.2) is 18.2 Å². The van der Waals surface area contributed by atoms with Crippen molar-refractivity contribution in [3.8, 4) is 6.07 Å². The summed E-state index contributed by atoms with van der Waals surface area (Å²) in [6, 6.07) is 5.17. The van der Waals surface area contributed by atoms with Crippen molar-refractivity contribution >= 4 is 47.2 Å². The fourth-order valence-electron chi connectivity index (χ4n) is 3.41. The number of hydrogen-bond acceptors (Lipinski definition) is 6. The molecule has 0 saturated carbocycles. The summed E-state index contributed by atoms with van der Waals surface area (Å²) in [5, 5.41) is 20.9. The highest BCUT2D eigenvalue weighted by Gasteiger charge is 2.29. The summed E-state index contributed by atoms with van der Waals surface area (Å²) < 4.78 is 0. The first kappa shape index (κ1) is 36.3. The Morgan fingerprint density at radius 2 is 1.79 bits per heavy atom. The van der Waals surface area contributed by atoms with E-state index in [1.807, 2.05) is 26.8 Å². The Kier molecular flexibility index (Phi) is 18.1. The molecule has 1 aliphatic heterocycles. The lowest BCUT2D eigenvalue weighted by Crippen LogP contribution is -2.54. The third-order valence-corrected chi connectivity index (χ3v) is 6.23. The molecular formula is C28H43Cl2N5O4. The van der Waals surface area contributed by atoms with Crippen molar-refractivity contribution in [2.24, 2.45) is 5.41 Å². The Hall–Kier alpha value is -2.67. The number of carbonyl (C=O) groups is 4. The molecule has 0 aromatic heterocycles. The predicted octanol–water partition coefficient (Wildman–Crippen LogP) is 4.42.